The van der Waals surface area contributed by atoms with Crippen molar-refractivity contribution in [1.29, 1.82) is 0 Å². The lowest BCUT2D eigenvalue weighted by atomic mass is 10.0. The average Bonchev–Trinajstić information content (AvgIpc) is 2.89. The van der Waals surface area contributed by atoms with E-state index in [9.17, 15) is 14.4 Å². The molecule has 0 saturated heterocycles. The highest BCUT2D eigenvalue weighted by Crippen LogP contribution is 2.30. The van der Waals surface area contributed by atoms with E-state index in [4.69, 9.17) is 10.8 Å². The molecule has 2 aromatic rings. The Morgan fingerprint density at radius 3 is 2.48 bits per heavy atom. The second-order valence-corrected chi connectivity index (χ2v) is 7.07. The van der Waals surface area contributed by atoms with Crippen molar-refractivity contribution >= 4 is 34.1 Å². The van der Waals surface area contributed by atoms with E-state index in [1.165, 1.54) is 11.3 Å². The normalized spacial score (nSPS) is 11.7. The fraction of sp³-hybridized carbons (Fsp3) is 0.278. The Kier molecular flexibility index (Phi) is 6.30. The first-order chi connectivity index (χ1) is 11.8. The Morgan fingerprint density at radius 1 is 1.20 bits per heavy atom. The minimum absolute atomic E-state index is 0.0659. The summed E-state index contributed by atoms with van der Waals surface area (Å²) in [5, 5.41) is 11.9. The van der Waals surface area contributed by atoms with Gasteiger partial charge in [0.15, 0.2) is 0 Å². The minimum atomic E-state index is -0.945. The van der Waals surface area contributed by atoms with Gasteiger partial charge in [0.25, 0.3) is 5.91 Å². The van der Waals surface area contributed by atoms with Crippen molar-refractivity contribution < 1.29 is 19.5 Å². The zero-order valence-corrected chi connectivity index (χ0v) is 14.6. The van der Waals surface area contributed by atoms with Crippen molar-refractivity contribution in [2.75, 3.05) is 5.32 Å². The van der Waals surface area contributed by atoms with E-state index in [2.05, 4.69) is 5.32 Å². The molecule has 0 radical (unpaired) electrons. The van der Waals surface area contributed by atoms with Gasteiger partial charge >= 0.3 is 5.97 Å². The number of carboxylic acid groups (broad SMARTS) is 1. The van der Waals surface area contributed by atoms with E-state index in [1.807, 2.05) is 30.3 Å². The van der Waals surface area contributed by atoms with E-state index in [0.717, 1.165) is 10.4 Å². The summed E-state index contributed by atoms with van der Waals surface area (Å²) >= 11 is 1.30. The van der Waals surface area contributed by atoms with Crippen LogP contribution in [0.4, 0.5) is 5.00 Å². The van der Waals surface area contributed by atoms with Crippen LogP contribution in [-0.2, 0) is 16.0 Å². The molecule has 0 saturated carbocycles. The van der Waals surface area contributed by atoms with Crippen LogP contribution in [0.15, 0.2) is 36.4 Å². The largest absolute Gasteiger partial charge is 0.481 e. The molecule has 25 heavy (non-hydrogen) atoms. The van der Waals surface area contributed by atoms with Crippen LogP contribution in [0.5, 0.6) is 0 Å². The smallest absolute Gasteiger partial charge is 0.303 e. The summed E-state index contributed by atoms with van der Waals surface area (Å²) in [6, 6.07) is 11.5. The van der Waals surface area contributed by atoms with Crippen LogP contribution in [0.2, 0.25) is 0 Å². The number of nitrogens with two attached hydrogens (primary N) is 1. The van der Waals surface area contributed by atoms with Crippen LogP contribution >= 0.6 is 11.3 Å². The van der Waals surface area contributed by atoms with Crippen molar-refractivity contribution in [2.45, 2.75) is 26.2 Å². The van der Waals surface area contributed by atoms with Gasteiger partial charge in [-0.15, -0.1) is 11.3 Å². The van der Waals surface area contributed by atoms with E-state index in [-0.39, 0.29) is 30.2 Å². The molecule has 1 heterocycles. The topological polar surface area (TPSA) is 109 Å². The van der Waals surface area contributed by atoms with Crippen molar-refractivity contribution in [2.24, 2.45) is 11.7 Å². The van der Waals surface area contributed by atoms with Gasteiger partial charge in [0.05, 0.1) is 5.56 Å². The van der Waals surface area contributed by atoms with Gasteiger partial charge in [-0.05, 0) is 17.5 Å². The average molecular weight is 360 g/mol. The molecule has 132 valence electrons. The lowest BCUT2D eigenvalue weighted by Crippen LogP contribution is -2.19. The van der Waals surface area contributed by atoms with Gasteiger partial charge in [0.1, 0.15) is 5.00 Å². The fourth-order valence-electron chi connectivity index (χ4n) is 2.47. The summed E-state index contributed by atoms with van der Waals surface area (Å²) in [7, 11) is 0. The summed E-state index contributed by atoms with van der Waals surface area (Å²) in [6.07, 6.45) is 0.618. The van der Waals surface area contributed by atoms with E-state index >= 15 is 0 Å². The SMILES string of the molecule is C[C@@H](CC(=O)O)CC(=O)Nc1sc(Cc2ccccc2)cc1C(N)=O. The van der Waals surface area contributed by atoms with Crippen LogP contribution in [-0.4, -0.2) is 22.9 Å². The molecule has 2 amide bonds. The number of amides is 2. The molecule has 0 fully saturated rings. The van der Waals surface area contributed by atoms with Crippen molar-refractivity contribution in [3.63, 3.8) is 0 Å². The third-order valence-corrected chi connectivity index (χ3v) is 4.63. The first-order valence-electron chi connectivity index (χ1n) is 7.83. The molecule has 1 aromatic heterocycles. The Balaban J connectivity index is 2.10. The molecule has 0 spiro atoms. The van der Waals surface area contributed by atoms with E-state index in [0.29, 0.717) is 11.4 Å². The Bertz CT molecular complexity index is 771. The molecule has 0 aliphatic carbocycles. The number of rotatable bonds is 8. The number of thiophene rings is 1. The number of aliphatic carboxylic acids is 1. The zero-order valence-electron chi connectivity index (χ0n) is 13.8. The number of carbonyl (C=O) groups is 3. The number of carboxylic acids is 1. The molecule has 0 bridgehead atoms. The van der Waals surface area contributed by atoms with Crippen LogP contribution in [0.1, 0.15) is 40.6 Å². The highest BCUT2D eigenvalue weighted by Gasteiger charge is 2.18. The van der Waals surface area contributed by atoms with Crippen LogP contribution in [0, 0.1) is 5.92 Å². The first-order valence-corrected chi connectivity index (χ1v) is 8.65. The van der Waals surface area contributed by atoms with Gasteiger partial charge in [-0.3, -0.25) is 14.4 Å². The van der Waals surface area contributed by atoms with E-state index < -0.39 is 11.9 Å². The molecule has 4 N–H and O–H groups in total. The van der Waals surface area contributed by atoms with Gasteiger partial charge in [-0.2, -0.15) is 0 Å². The summed E-state index contributed by atoms with van der Waals surface area (Å²) in [4.78, 5) is 35.3. The highest BCUT2D eigenvalue weighted by molar-refractivity contribution is 7.16. The molecular formula is C18H20N2O4S. The summed E-state index contributed by atoms with van der Waals surface area (Å²) in [6.45, 7) is 1.69. The van der Waals surface area contributed by atoms with Gasteiger partial charge in [0.2, 0.25) is 5.91 Å². The summed E-state index contributed by atoms with van der Waals surface area (Å²) in [5.41, 5.74) is 6.77. The molecule has 1 atom stereocenters. The summed E-state index contributed by atoms with van der Waals surface area (Å²) in [5.74, 6) is -2.17. The monoisotopic (exact) mass is 360 g/mol. The van der Waals surface area contributed by atoms with Crippen LogP contribution in [0.3, 0.4) is 0 Å². The van der Waals surface area contributed by atoms with Crippen LogP contribution < -0.4 is 11.1 Å². The van der Waals surface area contributed by atoms with Gasteiger partial charge in [-0.1, -0.05) is 37.3 Å². The number of hydrogen-bond donors (Lipinski definition) is 3. The number of carbonyl (C=O) groups excluding carboxylic acids is 2. The third-order valence-electron chi connectivity index (χ3n) is 3.58. The molecular weight excluding hydrogens is 340 g/mol. The quantitative estimate of drug-likeness (QED) is 0.672. The number of benzene rings is 1. The van der Waals surface area contributed by atoms with Crippen molar-refractivity contribution in [3.05, 3.63) is 52.4 Å². The van der Waals surface area contributed by atoms with Crippen LogP contribution in [0.25, 0.3) is 0 Å². The molecule has 6 nitrogen and oxygen atoms in total. The van der Waals surface area contributed by atoms with Gasteiger partial charge in [0, 0.05) is 24.1 Å². The molecule has 7 heteroatoms. The van der Waals surface area contributed by atoms with Gasteiger partial charge in [-0.25, -0.2) is 0 Å². The second-order valence-electron chi connectivity index (χ2n) is 5.94. The Hall–Kier alpha value is -2.67. The minimum Gasteiger partial charge on any atom is -0.481 e. The summed E-state index contributed by atoms with van der Waals surface area (Å²) < 4.78 is 0. The maximum Gasteiger partial charge on any atom is 0.303 e. The number of hydrogen-bond acceptors (Lipinski definition) is 4. The van der Waals surface area contributed by atoms with Crippen molar-refractivity contribution in [3.8, 4) is 0 Å². The Morgan fingerprint density at radius 2 is 1.88 bits per heavy atom. The fourth-order valence-corrected chi connectivity index (χ4v) is 3.58. The molecule has 0 aliphatic heterocycles. The number of primary amides is 1. The molecule has 0 aliphatic rings. The number of anilines is 1. The maximum absolute atomic E-state index is 12.1. The van der Waals surface area contributed by atoms with Crippen molar-refractivity contribution in [1.82, 2.24) is 0 Å². The van der Waals surface area contributed by atoms with Gasteiger partial charge < -0.3 is 16.2 Å². The maximum atomic E-state index is 12.1. The first kappa shape index (κ1) is 18.7. The predicted octanol–water partition coefficient (Wildman–Crippen LogP) is 2.88. The molecule has 2 rings (SSSR count). The number of nitrogens with one attached hydrogen (secondary N) is 1. The third kappa shape index (κ3) is 5.72. The molecule has 1 aromatic carbocycles. The predicted molar refractivity (Wildman–Crippen MR) is 96.7 cm³/mol. The Labute approximate surface area is 149 Å². The standard InChI is InChI=1S/C18H20N2O4S/c1-11(8-16(22)23)7-15(21)20-18-14(17(19)24)10-13(25-18)9-12-5-3-2-4-6-12/h2-6,10-11H,7-9H2,1H3,(H2,19,24)(H,20,21)(H,22,23)/t11-/m1/s1. The van der Waals surface area contributed by atoms with E-state index in [1.54, 1.807) is 13.0 Å². The lowest BCUT2D eigenvalue weighted by Gasteiger charge is -2.09. The highest BCUT2D eigenvalue weighted by atomic mass is 32.1. The lowest BCUT2D eigenvalue weighted by molar-refractivity contribution is -0.138. The zero-order chi connectivity index (χ0) is 18.4. The second kappa shape index (κ2) is 8.43. The molecule has 0 unspecified atom stereocenters.